The van der Waals surface area contributed by atoms with Gasteiger partial charge in [0, 0.05) is 16.7 Å². The van der Waals surface area contributed by atoms with Gasteiger partial charge in [-0.25, -0.2) is 4.98 Å². The first-order valence-electron chi connectivity index (χ1n) is 8.10. The average molecular weight is 346 g/mol. The normalized spacial score (nSPS) is 12.3. The zero-order valence-electron chi connectivity index (χ0n) is 13.8. The minimum atomic E-state index is 0.382. The van der Waals surface area contributed by atoms with Crippen LogP contribution in [0.4, 0.5) is 0 Å². The lowest BCUT2D eigenvalue weighted by Crippen LogP contribution is -2.07. The maximum atomic E-state index is 6.06. The Morgan fingerprint density at radius 1 is 1.16 bits per heavy atom. The second kappa shape index (κ2) is 6.58. The highest BCUT2D eigenvalue weighted by Gasteiger charge is 2.21. The second-order valence-corrected chi connectivity index (χ2v) is 6.05. The van der Waals surface area contributed by atoms with Crippen LogP contribution in [0, 0.1) is 11.8 Å². The molecule has 3 nitrogen and oxygen atoms in total. The zero-order chi connectivity index (χ0) is 17.2. The van der Waals surface area contributed by atoms with Crippen molar-refractivity contribution in [1.82, 2.24) is 9.55 Å². The van der Waals surface area contributed by atoms with Crippen LogP contribution in [-0.2, 0) is 12.4 Å². The smallest absolute Gasteiger partial charge is 0.0999 e. The molecule has 0 saturated carbocycles. The molecular weight excluding hydrogens is 330 g/mol. The molecule has 0 fully saturated rings. The van der Waals surface area contributed by atoms with Crippen LogP contribution < -0.4 is 0 Å². The lowest BCUT2D eigenvalue weighted by molar-refractivity contribution is 0.912. The first-order chi connectivity index (χ1) is 12.3. The Balaban J connectivity index is 1.99. The fourth-order valence-electron chi connectivity index (χ4n) is 3.14. The Morgan fingerprint density at radius 3 is 2.76 bits per heavy atom. The molecule has 0 atom stereocenters. The number of aromatic nitrogens is 2. The van der Waals surface area contributed by atoms with E-state index in [-0.39, 0.29) is 0 Å². The molecule has 1 aliphatic heterocycles. The number of benzene rings is 2. The van der Waals surface area contributed by atoms with Gasteiger partial charge in [-0.2, -0.15) is 0 Å². The van der Waals surface area contributed by atoms with Crippen LogP contribution in [0.1, 0.15) is 35.0 Å². The molecule has 0 aliphatic carbocycles. The Morgan fingerprint density at radius 2 is 2.00 bits per heavy atom. The molecule has 3 aromatic rings. The Labute approximate surface area is 152 Å². The predicted molar refractivity (Wildman–Crippen MR) is 101 cm³/mol. The highest BCUT2D eigenvalue weighted by Crippen LogP contribution is 2.28. The quantitative estimate of drug-likeness (QED) is 0.502. The molecule has 122 valence electrons. The number of hydrogen-bond donors (Lipinski definition) is 0. The standard InChI is InChI=1S/C21H16ClN3/c1-2-6-15-9-10-19-17(11-15)21(16-7-4-3-5-8-16)23-13-20-18(12-22)24-14-25(19)20/h3-5,7-11,14H,12-13H2,1H3. The maximum Gasteiger partial charge on any atom is 0.0999 e. The van der Waals surface area contributed by atoms with E-state index in [1.54, 1.807) is 0 Å². The fourth-order valence-corrected chi connectivity index (χ4v) is 3.36. The summed E-state index contributed by atoms with van der Waals surface area (Å²) in [5.74, 6) is 6.49. The zero-order valence-corrected chi connectivity index (χ0v) is 14.6. The molecule has 1 aliphatic rings. The fraction of sp³-hybridized carbons (Fsp3) is 0.143. The highest BCUT2D eigenvalue weighted by molar-refractivity contribution is 6.17. The van der Waals surface area contributed by atoms with Gasteiger partial charge in [-0.05, 0) is 25.1 Å². The molecule has 1 aromatic heterocycles. The molecule has 0 N–H and O–H groups in total. The SMILES string of the molecule is CC#Cc1ccc2c(c1)C(c1ccccc1)=NCc1c(CCl)ncn1-2. The lowest BCUT2D eigenvalue weighted by Gasteiger charge is -2.12. The van der Waals surface area contributed by atoms with E-state index in [9.17, 15) is 0 Å². The Hall–Kier alpha value is -2.83. The van der Waals surface area contributed by atoms with Gasteiger partial charge in [0.25, 0.3) is 0 Å². The van der Waals surface area contributed by atoms with Crippen molar-refractivity contribution in [2.75, 3.05) is 0 Å². The summed E-state index contributed by atoms with van der Waals surface area (Å²) in [6.07, 6.45) is 1.83. The number of imidazole rings is 1. The van der Waals surface area contributed by atoms with Crippen LogP contribution in [0.3, 0.4) is 0 Å². The van der Waals surface area contributed by atoms with Crippen molar-refractivity contribution >= 4 is 17.3 Å². The van der Waals surface area contributed by atoms with E-state index in [1.165, 1.54) is 0 Å². The Kier molecular flexibility index (Phi) is 4.13. The topological polar surface area (TPSA) is 30.2 Å². The van der Waals surface area contributed by atoms with Crippen molar-refractivity contribution in [2.24, 2.45) is 4.99 Å². The molecule has 2 aromatic carbocycles. The monoisotopic (exact) mass is 345 g/mol. The first-order valence-corrected chi connectivity index (χ1v) is 8.63. The maximum absolute atomic E-state index is 6.06. The molecule has 4 heteroatoms. The van der Waals surface area contributed by atoms with Gasteiger partial charge < -0.3 is 4.57 Å². The Bertz CT molecular complexity index is 1020. The molecule has 0 amide bonds. The molecule has 0 bridgehead atoms. The van der Waals surface area contributed by atoms with Crippen molar-refractivity contribution in [2.45, 2.75) is 19.3 Å². The molecule has 2 heterocycles. The lowest BCUT2D eigenvalue weighted by atomic mass is 9.98. The second-order valence-electron chi connectivity index (χ2n) is 5.78. The molecule has 0 unspecified atom stereocenters. The summed E-state index contributed by atoms with van der Waals surface area (Å²) in [6, 6.07) is 16.5. The first kappa shape index (κ1) is 15.7. The van der Waals surface area contributed by atoms with Crippen LogP contribution in [0.5, 0.6) is 0 Å². The summed E-state index contributed by atoms with van der Waals surface area (Å²) < 4.78 is 2.09. The number of fused-ring (bicyclic) bond motifs is 3. The summed E-state index contributed by atoms with van der Waals surface area (Å²) in [5, 5.41) is 0. The average Bonchev–Trinajstić information content (AvgIpc) is 2.99. The molecule has 4 rings (SSSR count). The van der Waals surface area contributed by atoms with Crippen LogP contribution >= 0.6 is 11.6 Å². The number of hydrogen-bond acceptors (Lipinski definition) is 2. The van der Waals surface area contributed by atoms with E-state index in [4.69, 9.17) is 16.6 Å². The van der Waals surface area contributed by atoms with Gasteiger partial charge in [0.1, 0.15) is 0 Å². The van der Waals surface area contributed by atoms with Gasteiger partial charge in [0.2, 0.25) is 0 Å². The van der Waals surface area contributed by atoms with E-state index < -0.39 is 0 Å². The number of alkyl halides is 1. The van der Waals surface area contributed by atoms with Gasteiger partial charge in [0.05, 0.1) is 41.5 Å². The third-order valence-electron chi connectivity index (χ3n) is 4.29. The third kappa shape index (κ3) is 2.75. The molecule has 0 spiro atoms. The van der Waals surface area contributed by atoms with Crippen LogP contribution in [0.15, 0.2) is 59.9 Å². The van der Waals surface area contributed by atoms with Crippen LogP contribution in [0.25, 0.3) is 5.69 Å². The summed E-state index contributed by atoms with van der Waals surface area (Å²) in [4.78, 5) is 9.35. The van der Waals surface area contributed by atoms with Crippen LogP contribution in [0.2, 0.25) is 0 Å². The number of rotatable bonds is 2. The number of halogens is 1. The van der Waals surface area contributed by atoms with Crippen molar-refractivity contribution in [1.29, 1.82) is 0 Å². The van der Waals surface area contributed by atoms with Crippen molar-refractivity contribution in [3.05, 3.63) is 82.9 Å². The van der Waals surface area contributed by atoms with Crippen molar-refractivity contribution in [3.8, 4) is 17.5 Å². The highest BCUT2D eigenvalue weighted by atomic mass is 35.5. The number of aliphatic imine (C=N–C) groups is 1. The molecule has 0 radical (unpaired) electrons. The third-order valence-corrected chi connectivity index (χ3v) is 4.55. The van der Waals surface area contributed by atoms with E-state index in [0.29, 0.717) is 12.4 Å². The van der Waals surface area contributed by atoms with E-state index >= 15 is 0 Å². The number of nitrogens with zero attached hydrogens (tertiary/aromatic N) is 3. The summed E-state index contributed by atoms with van der Waals surface area (Å²) in [5.41, 5.74) is 7.08. The molecule has 25 heavy (non-hydrogen) atoms. The van der Waals surface area contributed by atoms with Gasteiger partial charge in [-0.1, -0.05) is 36.3 Å². The van der Waals surface area contributed by atoms with E-state index in [2.05, 4.69) is 45.7 Å². The summed E-state index contributed by atoms with van der Waals surface area (Å²) >= 11 is 6.06. The molecule has 0 saturated heterocycles. The van der Waals surface area contributed by atoms with Gasteiger partial charge in [0.15, 0.2) is 0 Å². The van der Waals surface area contributed by atoms with Crippen LogP contribution in [-0.4, -0.2) is 15.3 Å². The van der Waals surface area contributed by atoms with Gasteiger partial charge in [-0.15, -0.1) is 17.5 Å². The van der Waals surface area contributed by atoms with Gasteiger partial charge >= 0.3 is 0 Å². The van der Waals surface area contributed by atoms with E-state index in [1.807, 2.05) is 37.5 Å². The summed E-state index contributed by atoms with van der Waals surface area (Å²) in [6.45, 7) is 2.40. The largest absolute Gasteiger partial charge is 0.300 e. The minimum Gasteiger partial charge on any atom is -0.300 e. The van der Waals surface area contributed by atoms with E-state index in [0.717, 1.165) is 39.5 Å². The molecular formula is C21H16ClN3. The van der Waals surface area contributed by atoms with Gasteiger partial charge in [-0.3, -0.25) is 4.99 Å². The summed E-state index contributed by atoms with van der Waals surface area (Å²) in [7, 11) is 0. The predicted octanol–water partition coefficient (Wildman–Crippen LogP) is 4.33. The van der Waals surface area contributed by atoms with Crippen molar-refractivity contribution < 1.29 is 0 Å². The minimum absolute atomic E-state index is 0.382. The van der Waals surface area contributed by atoms with Crippen molar-refractivity contribution in [3.63, 3.8) is 0 Å².